The Hall–Kier alpha value is -1.93. The van der Waals surface area contributed by atoms with Crippen LogP contribution in [0.3, 0.4) is 0 Å². The molecule has 0 aromatic rings. The van der Waals surface area contributed by atoms with Gasteiger partial charge in [-0.2, -0.15) is 0 Å². The molecule has 4 fully saturated rings. The zero-order valence-electron chi connectivity index (χ0n) is 20.7. The molecule has 2 unspecified atom stereocenters. The summed E-state index contributed by atoms with van der Waals surface area (Å²) >= 11 is 0. The maximum atomic E-state index is 14.3. The monoisotopic (exact) mass is 476 g/mol. The van der Waals surface area contributed by atoms with Gasteiger partial charge in [-0.05, 0) is 52.4 Å². The minimum atomic E-state index is -1.02. The van der Waals surface area contributed by atoms with Crippen LogP contribution in [-0.2, 0) is 23.9 Å². The van der Waals surface area contributed by atoms with Crippen molar-refractivity contribution in [2.24, 2.45) is 11.8 Å². The molecule has 8 heteroatoms. The molecule has 3 aliphatic heterocycles. The smallest absolute Gasteiger partial charge is 0.312 e. The predicted octanol–water partition coefficient (Wildman–Crippen LogP) is 2.43. The lowest BCUT2D eigenvalue weighted by Gasteiger charge is -2.40. The lowest BCUT2D eigenvalue weighted by molar-refractivity contribution is -0.160. The summed E-state index contributed by atoms with van der Waals surface area (Å²) in [4.78, 5) is 44.8. The number of carbonyl (C=O) groups is 3. The molecule has 190 valence electrons. The second-order valence-corrected chi connectivity index (χ2v) is 10.5. The first-order valence-corrected chi connectivity index (χ1v) is 13.0. The number of nitrogens with zero attached hydrogens (tertiary/aromatic N) is 2. The minimum Gasteiger partial charge on any atom is -0.466 e. The van der Waals surface area contributed by atoms with Gasteiger partial charge in [0, 0.05) is 25.7 Å². The van der Waals surface area contributed by atoms with Crippen LogP contribution in [0.5, 0.6) is 0 Å². The first kappa shape index (κ1) is 25.2. The van der Waals surface area contributed by atoms with E-state index in [9.17, 15) is 19.5 Å². The Morgan fingerprint density at radius 3 is 2.65 bits per heavy atom. The number of ether oxygens (including phenoxy) is 2. The van der Waals surface area contributed by atoms with Gasteiger partial charge in [-0.25, -0.2) is 0 Å². The number of esters is 1. The Bertz CT molecular complexity index is 811. The summed E-state index contributed by atoms with van der Waals surface area (Å²) in [6, 6.07) is -0.647. The number of likely N-dealkylation sites (tertiary alicyclic amines) is 1. The third kappa shape index (κ3) is 3.96. The van der Waals surface area contributed by atoms with Crippen molar-refractivity contribution in [3.63, 3.8) is 0 Å². The van der Waals surface area contributed by atoms with Crippen molar-refractivity contribution in [1.82, 2.24) is 9.80 Å². The molecule has 3 saturated heterocycles. The fourth-order valence-electron chi connectivity index (χ4n) is 7.04. The summed E-state index contributed by atoms with van der Waals surface area (Å²) in [6.45, 7) is 8.57. The average Bonchev–Trinajstić information content (AvgIpc) is 3.39. The van der Waals surface area contributed by atoms with E-state index in [1.54, 1.807) is 17.9 Å². The zero-order valence-corrected chi connectivity index (χ0v) is 20.7. The fraction of sp³-hybridized carbons (Fsp3) is 0.808. The van der Waals surface area contributed by atoms with Crippen LogP contribution in [0.15, 0.2) is 12.7 Å². The SMILES string of the molecule is C=CCN(C(=O)C1N(CCCCO)C(=O)[C@@H]2[C@H](C(=O)OCC)[C@]3(C)CCC12O3)C1CCCCC1. The number of hydrogen-bond donors (Lipinski definition) is 1. The highest BCUT2D eigenvalue weighted by Crippen LogP contribution is 2.63. The first-order valence-electron chi connectivity index (χ1n) is 13.0. The highest BCUT2D eigenvalue weighted by atomic mass is 16.6. The average molecular weight is 477 g/mol. The van der Waals surface area contributed by atoms with Crippen molar-refractivity contribution in [2.45, 2.75) is 94.9 Å². The number of carbonyl (C=O) groups excluding carboxylic acids is 3. The summed E-state index contributed by atoms with van der Waals surface area (Å²) in [5, 5.41) is 9.31. The van der Waals surface area contributed by atoms with Crippen LogP contribution in [0.2, 0.25) is 0 Å². The molecule has 0 aromatic heterocycles. The molecule has 34 heavy (non-hydrogen) atoms. The highest BCUT2D eigenvalue weighted by molar-refractivity contribution is 5.98. The summed E-state index contributed by atoms with van der Waals surface area (Å²) in [5.41, 5.74) is -1.83. The van der Waals surface area contributed by atoms with Crippen molar-refractivity contribution in [2.75, 3.05) is 26.3 Å². The first-order chi connectivity index (χ1) is 16.3. The Kier molecular flexibility index (Phi) is 7.38. The molecule has 4 rings (SSSR count). The number of rotatable bonds is 10. The van der Waals surface area contributed by atoms with Crippen LogP contribution in [0.4, 0.5) is 0 Å². The molecule has 0 aromatic carbocycles. The Morgan fingerprint density at radius 1 is 1.26 bits per heavy atom. The van der Waals surface area contributed by atoms with Crippen molar-refractivity contribution in [3.8, 4) is 0 Å². The highest BCUT2D eigenvalue weighted by Gasteiger charge is 2.78. The molecular weight excluding hydrogens is 436 g/mol. The molecule has 2 amide bonds. The molecule has 1 spiro atoms. The van der Waals surface area contributed by atoms with Gasteiger partial charge in [0.25, 0.3) is 0 Å². The van der Waals surface area contributed by atoms with Gasteiger partial charge in [0.05, 0.1) is 18.1 Å². The summed E-state index contributed by atoms with van der Waals surface area (Å²) in [7, 11) is 0. The summed E-state index contributed by atoms with van der Waals surface area (Å²) < 4.78 is 12.0. The van der Waals surface area contributed by atoms with Gasteiger partial charge >= 0.3 is 5.97 Å². The quantitative estimate of drug-likeness (QED) is 0.296. The molecule has 0 radical (unpaired) electrons. The van der Waals surface area contributed by atoms with Crippen molar-refractivity contribution in [3.05, 3.63) is 12.7 Å². The maximum Gasteiger partial charge on any atom is 0.312 e. The van der Waals surface area contributed by atoms with Gasteiger partial charge in [-0.15, -0.1) is 6.58 Å². The number of amides is 2. The van der Waals surface area contributed by atoms with E-state index in [2.05, 4.69) is 6.58 Å². The van der Waals surface area contributed by atoms with Gasteiger partial charge in [-0.1, -0.05) is 25.3 Å². The van der Waals surface area contributed by atoms with E-state index in [0.29, 0.717) is 38.8 Å². The molecule has 4 aliphatic rings. The number of aliphatic hydroxyl groups is 1. The van der Waals surface area contributed by atoms with E-state index in [1.165, 1.54) is 6.42 Å². The zero-order chi connectivity index (χ0) is 24.5. The van der Waals surface area contributed by atoms with Gasteiger partial charge in [0.15, 0.2) is 0 Å². The van der Waals surface area contributed by atoms with Gasteiger partial charge < -0.3 is 24.4 Å². The van der Waals surface area contributed by atoms with Gasteiger partial charge in [0.2, 0.25) is 11.8 Å². The van der Waals surface area contributed by atoms with E-state index in [1.807, 2.05) is 11.8 Å². The third-order valence-corrected chi connectivity index (χ3v) is 8.48. The lowest BCUT2D eigenvalue weighted by Crippen LogP contribution is -2.58. The molecule has 1 aliphatic carbocycles. The maximum absolute atomic E-state index is 14.3. The van der Waals surface area contributed by atoms with Crippen LogP contribution in [0.1, 0.15) is 71.6 Å². The molecule has 8 nitrogen and oxygen atoms in total. The third-order valence-electron chi connectivity index (χ3n) is 8.48. The van der Waals surface area contributed by atoms with Crippen LogP contribution in [0, 0.1) is 11.8 Å². The Balaban J connectivity index is 1.72. The van der Waals surface area contributed by atoms with E-state index >= 15 is 0 Å². The number of fused-ring (bicyclic) bond motifs is 1. The summed E-state index contributed by atoms with van der Waals surface area (Å²) in [6.07, 6.45) is 9.31. The van der Waals surface area contributed by atoms with Crippen molar-refractivity contribution in [1.29, 1.82) is 0 Å². The van der Waals surface area contributed by atoms with Crippen LogP contribution in [-0.4, -0.2) is 82.3 Å². The largest absolute Gasteiger partial charge is 0.466 e. The standard InChI is InChI=1S/C26H40N2O6/c1-4-15-27(18-11-7-6-8-12-18)23(31)21-26-14-13-25(3,34-26)20(24(32)33-5-2)19(26)22(30)28(21)16-9-10-17-29/h4,18-21,29H,1,5-17H2,2-3H3/t19-,20+,21?,25-,26?/m0/s1. The normalized spacial score (nSPS) is 34.9. The second-order valence-electron chi connectivity index (χ2n) is 10.5. The van der Waals surface area contributed by atoms with Gasteiger partial charge in [-0.3, -0.25) is 14.4 Å². The Labute approximate surface area is 202 Å². The van der Waals surface area contributed by atoms with Gasteiger partial charge in [0.1, 0.15) is 17.6 Å². The number of unbranched alkanes of at least 4 members (excludes halogenated alkanes) is 1. The number of hydrogen-bond acceptors (Lipinski definition) is 6. The lowest BCUT2D eigenvalue weighted by atomic mass is 9.66. The molecule has 1 saturated carbocycles. The molecule has 3 heterocycles. The Morgan fingerprint density at radius 2 is 2.00 bits per heavy atom. The van der Waals surface area contributed by atoms with Crippen LogP contribution < -0.4 is 0 Å². The topological polar surface area (TPSA) is 96.4 Å². The summed E-state index contributed by atoms with van der Waals surface area (Å²) in [5.74, 6) is -2.14. The van der Waals surface area contributed by atoms with Crippen molar-refractivity contribution >= 4 is 17.8 Å². The molecule has 1 N–H and O–H groups in total. The number of aliphatic hydroxyl groups excluding tert-OH is 1. The van der Waals surface area contributed by atoms with E-state index in [0.717, 1.165) is 25.7 Å². The van der Waals surface area contributed by atoms with E-state index < -0.39 is 35.0 Å². The second kappa shape index (κ2) is 9.97. The van der Waals surface area contributed by atoms with Crippen LogP contribution in [0.25, 0.3) is 0 Å². The molecular formula is C26H40N2O6. The van der Waals surface area contributed by atoms with Crippen LogP contribution >= 0.6 is 0 Å². The minimum absolute atomic E-state index is 0.0277. The molecule has 5 atom stereocenters. The van der Waals surface area contributed by atoms with E-state index in [-0.39, 0.29) is 31.1 Å². The predicted molar refractivity (Wildman–Crippen MR) is 126 cm³/mol. The van der Waals surface area contributed by atoms with Crippen molar-refractivity contribution < 1.29 is 29.0 Å². The fourth-order valence-corrected chi connectivity index (χ4v) is 7.04. The molecule has 2 bridgehead atoms. The van der Waals surface area contributed by atoms with E-state index in [4.69, 9.17) is 9.47 Å².